The van der Waals surface area contributed by atoms with Gasteiger partial charge >= 0.3 is 6.18 Å². The molecule has 1 atom stereocenters. The average Bonchev–Trinajstić information content (AvgIpc) is 3.30. The molecule has 1 fully saturated rings. The van der Waals surface area contributed by atoms with Gasteiger partial charge in [0.2, 0.25) is 0 Å². The van der Waals surface area contributed by atoms with Crippen molar-refractivity contribution in [2.45, 2.75) is 50.3 Å². The van der Waals surface area contributed by atoms with E-state index in [1.54, 1.807) is 26.0 Å². The first-order valence-corrected chi connectivity index (χ1v) is 10.8. The number of hydrogen-bond donors (Lipinski definition) is 1. The van der Waals surface area contributed by atoms with Crippen LogP contribution in [0.2, 0.25) is 0 Å². The van der Waals surface area contributed by atoms with Crippen molar-refractivity contribution >= 4 is 10.9 Å². The fraction of sp³-hybridized carbons (Fsp3) is 0.400. The highest BCUT2D eigenvalue weighted by Gasteiger charge is 2.56. The van der Waals surface area contributed by atoms with Crippen LogP contribution in [0.25, 0.3) is 10.9 Å². The fourth-order valence-electron chi connectivity index (χ4n) is 4.44. The molecule has 1 unspecified atom stereocenters. The molecule has 0 radical (unpaired) electrons. The van der Waals surface area contributed by atoms with Crippen LogP contribution in [0.1, 0.15) is 37.7 Å². The Morgan fingerprint density at radius 1 is 1.06 bits per heavy atom. The van der Waals surface area contributed by atoms with Crippen molar-refractivity contribution in [3.63, 3.8) is 0 Å². The topological polar surface area (TPSA) is 60.7 Å². The number of hydrogen-bond acceptors (Lipinski definition) is 4. The molecule has 182 valence electrons. The van der Waals surface area contributed by atoms with E-state index in [-0.39, 0.29) is 21.9 Å². The summed E-state index contributed by atoms with van der Waals surface area (Å²) in [6, 6.07) is 11.5. The molecule has 5 nitrogen and oxygen atoms in total. The van der Waals surface area contributed by atoms with E-state index in [4.69, 9.17) is 9.47 Å². The van der Waals surface area contributed by atoms with Crippen LogP contribution in [-0.4, -0.2) is 34.7 Å². The summed E-state index contributed by atoms with van der Waals surface area (Å²) < 4.78 is 69.2. The molecule has 9 heteroatoms. The third kappa shape index (κ3) is 4.60. The smallest absolute Gasteiger partial charge is 0.379 e. The van der Waals surface area contributed by atoms with E-state index in [1.165, 1.54) is 47.2 Å². The van der Waals surface area contributed by atoms with Gasteiger partial charge in [0.05, 0.1) is 25.3 Å². The third-order valence-corrected chi connectivity index (χ3v) is 6.23. The number of alkyl halides is 3. The van der Waals surface area contributed by atoms with Gasteiger partial charge in [-0.3, -0.25) is 4.79 Å². The van der Waals surface area contributed by atoms with Crippen LogP contribution in [0.5, 0.6) is 0 Å². The molecule has 1 N–H and O–H groups in total. The molecule has 3 aromatic rings. The zero-order valence-electron chi connectivity index (χ0n) is 18.7. The zero-order valence-corrected chi connectivity index (χ0v) is 18.7. The number of para-hydroxylation sites is 1. The Bertz CT molecular complexity index is 1250. The first-order chi connectivity index (χ1) is 15.9. The molecule has 2 heterocycles. The van der Waals surface area contributed by atoms with Gasteiger partial charge in [-0.05, 0) is 41.7 Å². The minimum atomic E-state index is -4.98. The largest absolute Gasteiger partial charge is 0.418 e. The van der Waals surface area contributed by atoms with Gasteiger partial charge in [0, 0.05) is 23.2 Å². The molecule has 0 bridgehead atoms. The number of pyridine rings is 1. The normalized spacial score (nSPS) is 17.3. The van der Waals surface area contributed by atoms with Gasteiger partial charge in [-0.15, -0.1) is 0 Å². The Labute approximate surface area is 193 Å². The lowest BCUT2D eigenvalue weighted by Gasteiger charge is -2.38. The summed E-state index contributed by atoms with van der Waals surface area (Å²) in [5, 5.41) is 11.3. The molecule has 1 aliphatic heterocycles. The molecule has 0 spiro atoms. The number of aromatic nitrogens is 1. The Hall–Kier alpha value is -2.75. The average molecular weight is 479 g/mol. The third-order valence-electron chi connectivity index (χ3n) is 6.23. The van der Waals surface area contributed by atoms with Crippen LogP contribution >= 0.6 is 0 Å². The molecule has 0 amide bonds. The van der Waals surface area contributed by atoms with E-state index < -0.39 is 42.3 Å². The van der Waals surface area contributed by atoms with E-state index in [1.807, 2.05) is 0 Å². The van der Waals surface area contributed by atoms with Crippen molar-refractivity contribution in [1.29, 1.82) is 0 Å². The highest BCUT2D eigenvalue weighted by atomic mass is 19.4. The minimum absolute atomic E-state index is 0.102. The minimum Gasteiger partial charge on any atom is -0.379 e. The lowest BCUT2D eigenvalue weighted by Crippen LogP contribution is -2.52. The van der Waals surface area contributed by atoms with Crippen molar-refractivity contribution in [2.75, 3.05) is 13.2 Å². The van der Waals surface area contributed by atoms with Crippen molar-refractivity contribution in [2.24, 2.45) is 0 Å². The standard InChI is InChI=1S/C25H25F4NO4/c1-23(2,16-7-8-19(26)18(13-16)22-33-11-12-34-22)14-24(32,25(27,28)29)15-30-10-9-21(31)17-5-3-4-6-20(17)30/h3-10,13,22,32H,11-12,14-15H2,1-2H3. The molecule has 34 heavy (non-hydrogen) atoms. The van der Waals surface area contributed by atoms with Crippen LogP contribution in [0.15, 0.2) is 59.5 Å². The van der Waals surface area contributed by atoms with Crippen LogP contribution in [0, 0.1) is 5.82 Å². The predicted molar refractivity (Wildman–Crippen MR) is 118 cm³/mol. The summed E-state index contributed by atoms with van der Waals surface area (Å²) >= 11 is 0. The lowest BCUT2D eigenvalue weighted by atomic mass is 9.74. The number of halogens is 4. The quantitative estimate of drug-likeness (QED) is 0.514. The monoisotopic (exact) mass is 479 g/mol. The second-order valence-electron chi connectivity index (χ2n) is 9.22. The summed E-state index contributed by atoms with van der Waals surface area (Å²) in [5.41, 5.74) is -3.88. The summed E-state index contributed by atoms with van der Waals surface area (Å²) in [6.07, 6.45) is -5.36. The molecule has 1 saturated heterocycles. The Morgan fingerprint density at radius 3 is 2.41 bits per heavy atom. The van der Waals surface area contributed by atoms with E-state index in [0.717, 1.165) is 0 Å². The maximum Gasteiger partial charge on any atom is 0.418 e. The Balaban J connectivity index is 1.71. The van der Waals surface area contributed by atoms with E-state index in [0.29, 0.717) is 18.8 Å². The highest BCUT2D eigenvalue weighted by molar-refractivity contribution is 5.78. The first-order valence-electron chi connectivity index (χ1n) is 10.8. The predicted octanol–water partition coefficient (Wildman–Crippen LogP) is 4.85. The van der Waals surface area contributed by atoms with Gasteiger partial charge in [-0.25, -0.2) is 4.39 Å². The molecule has 4 rings (SSSR count). The van der Waals surface area contributed by atoms with Gasteiger partial charge in [-0.2, -0.15) is 13.2 Å². The second-order valence-corrected chi connectivity index (χ2v) is 9.22. The van der Waals surface area contributed by atoms with Crippen LogP contribution < -0.4 is 5.43 Å². The molecular formula is C25H25F4NO4. The number of rotatable bonds is 6. The number of aliphatic hydroxyl groups is 1. The number of fused-ring (bicyclic) bond motifs is 1. The number of benzene rings is 2. The van der Waals surface area contributed by atoms with Crippen LogP contribution in [0.3, 0.4) is 0 Å². The fourth-order valence-corrected chi connectivity index (χ4v) is 4.44. The molecule has 0 aliphatic carbocycles. The van der Waals surface area contributed by atoms with Gasteiger partial charge in [-0.1, -0.05) is 32.0 Å². The molecule has 1 aliphatic rings. The maximum absolute atomic E-state index is 14.4. The molecule has 0 saturated carbocycles. The van der Waals surface area contributed by atoms with Crippen molar-refractivity contribution in [1.82, 2.24) is 4.57 Å². The number of ether oxygens (including phenoxy) is 2. The van der Waals surface area contributed by atoms with E-state index in [9.17, 15) is 27.5 Å². The Kier molecular flexibility index (Phi) is 6.30. The van der Waals surface area contributed by atoms with E-state index in [2.05, 4.69) is 0 Å². The molecular weight excluding hydrogens is 454 g/mol. The summed E-state index contributed by atoms with van der Waals surface area (Å²) in [5.74, 6) is -0.586. The molecule has 2 aromatic carbocycles. The summed E-state index contributed by atoms with van der Waals surface area (Å²) in [6.45, 7) is 2.88. The second kappa shape index (κ2) is 8.79. The summed E-state index contributed by atoms with van der Waals surface area (Å²) in [7, 11) is 0. The van der Waals surface area contributed by atoms with E-state index >= 15 is 0 Å². The zero-order chi connectivity index (χ0) is 24.7. The van der Waals surface area contributed by atoms with Gasteiger partial charge in [0.25, 0.3) is 0 Å². The van der Waals surface area contributed by atoms with Crippen LogP contribution in [0.4, 0.5) is 17.6 Å². The summed E-state index contributed by atoms with van der Waals surface area (Å²) in [4.78, 5) is 12.1. The lowest BCUT2D eigenvalue weighted by molar-refractivity contribution is -0.271. The Morgan fingerprint density at radius 2 is 1.74 bits per heavy atom. The van der Waals surface area contributed by atoms with Gasteiger partial charge in [0.15, 0.2) is 17.3 Å². The highest BCUT2D eigenvalue weighted by Crippen LogP contribution is 2.43. The number of nitrogens with zero attached hydrogens (tertiary/aromatic N) is 1. The van der Waals surface area contributed by atoms with Crippen molar-refractivity contribution in [3.8, 4) is 0 Å². The molecule has 1 aromatic heterocycles. The van der Waals surface area contributed by atoms with Crippen molar-refractivity contribution < 1.29 is 32.1 Å². The SMILES string of the molecule is CC(C)(CC(O)(Cn1ccc(=O)c2ccccc21)C(F)(F)F)c1ccc(F)c(C2OCCO2)c1. The van der Waals surface area contributed by atoms with Gasteiger partial charge in [0.1, 0.15) is 5.82 Å². The van der Waals surface area contributed by atoms with Gasteiger partial charge < -0.3 is 19.1 Å². The maximum atomic E-state index is 14.4. The van der Waals surface area contributed by atoms with Crippen LogP contribution in [-0.2, 0) is 21.4 Å². The first kappa shape index (κ1) is 24.4. The van der Waals surface area contributed by atoms with Crippen molar-refractivity contribution in [3.05, 3.63) is 81.9 Å².